The monoisotopic (exact) mass is 311 g/mol. The quantitative estimate of drug-likeness (QED) is 0.897. The van der Waals surface area contributed by atoms with Gasteiger partial charge in [-0.05, 0) is 43.4 Å². The fraction of sp³-hybridized carbons (Fsp3) is 0.385. The Kier molecular flexibility index (Phi) is 3.71. The van der Waals surface area contributed by atoms with Crippen LogP contribution in [0, 0.1) is 12.8 Å². The van der Waals surface area contributed by atoms with Crippen molar-refractivity contribution in [3.63, 3.8) is 0 Å². The van der Waals surface area contributed by atoms with Crippen LogP contribution in [0.15, 0.2) is 22.7 Å². The number of hydrogen-bond donors (Lipinski definition) is 2. The Labute approximate surface area is 114 Å². The van der Waals surface area contributed by atoms with Crippen molar-refractivity contribution in [2.45, 2.75) is 25.8 Å². The minimum atomic E-state index is -0.961. The first-order valence-corrected chi connectivity index (χ1v) is 6.58. The number of carbonyl (C=O) groups excluding carboxylic acids is 1. The molecule has 96 valence electrons. The first-order chi connectivity index (χ1) is 8.49. The second-order valence-corrected chi connectivity index (χ2v) is 5.45. The van der Waals surface area contributed by atoms with Gasteiger partial charge in [0.25, 0.3) is 5.91 Å². The molecule has 1 aromatic rings. The van der Waals surface area contributed by atoms with Crippen LogP contribution in [0.4, 0.5) is 0 Å². The number of hydrogen-bond acceptors (Lipinski definition) is 2. The summed E-state index contributed by atoms with van der Waals surface area (Å²) in [6, 6.07) is 4.46. The second kappa shape index (κ2) is 5.10. The van der Waals surface area contributed by atoms with E-state index < -0.39 is 12.0 Å². The van der Waals surface area contributed by atoms with Gasteiger partial charge in [0.1, 0.15) is 6.04 Å². The molecule has 1 unspecified atom stereocenters. The van der Waals surface area contributed by atoms with E-state index in [0.717, 1.165) is 22.9 Å². The van der Waals surface area contributed by atoms with Crippen molar-refractivity contribution in [3.05, 3.63) is 33.8 Å². The third-order valence-corrected chi connectivity index (χ3v) is 3.93. The van der Waals surface area contributed by atoms with E-state index in [0.29, 0.717) is 5.56 Å². The second-order valence-electron chi connectivity index (χ2n) is 4.59. The molecule has 18 heavy (non-hydrogen) atoms. The van der Waals surface area contributed by atoms with E-state index in [9.17, 15) is 9.59 Å². The Morgan fingerprint density at radius 3 is 2.61 bits per heavy atom. The van der Waals surface area contributed by atoms with E-state index in [-0.39, 0.29) is 11.8 Å². The van der Waals surface area contributed by atoms with Crippen LogP contribution in [0.1, 0.15) is 28.8 Å². The van der Waals surface area contributed by atoms with Crippen LogP contribution in [0.25, 0.3) is 0 Å². The van der Waals surface area contributed by atoms with Crippen LogP contribution in [0.5, 0.6) is 0 Å². The molecule has 0 saturated heterocycles. The number of amides is 1. The van der Waals surface area contributed by atoms with Gasteiger partial charge in [0.2, 0.25) is 0 Å². The zero-order valence-electron chi connectivity index (χ0n) is 9.94. The van der Waals surface area contributed by atoms with E-state index in [4.69, 9.17) is 5.11 Å². The average molecular weight is 312 g/mol. The average Bonchev–Trinajstić information content (AvgIpc) is 3.13. The summed E-state index contributed by atoms with van der Waals surface area (Å²) in [4.78, 5) is 23.0. The molecule has 1 aliphatic carbocycles. The molecular formula is C13H14BrNO3. The molecule has 1 atom stereocenters. The molecule has 4 nitrogen and oxygen atoms in total. The van der Waals surface area contributed by atoms with E-state index in [2.05, 4.69) is 21.2 Å². The minimum Gasteiger partial charge on any atom is -0.480 e. The summed E-state index contributed by atoms with van der Waals surface area (Å²) in [7, 11) is 0. The SMILES string of the molecule is Cc1ccc(C(=O)NC(C(=O)O)C2CC2)cc1Br. The highest BCUT2D eigenvalue weighted by atomic mass is 79.9. The van der Waals surface area contributed by atoms with Crippen molar-refractivity contribution in [1.82, 2.24) is 5.32 Å². The van der Waals surface area contributed by atoms with Gasteiger partial charge in [0, 0.05) is 10.0 Å². The van der Waals surface area contributed by atoms with E-state index in [1.165, 1.54) is 0 Å². The first kappa shape index (κ1) is 13.1. The Balaban J connectivity index is 2.10. The van der Waals surface area contributed by atoms with E-state index in [1.807, 2.05) is 13.0 Å². The molecule has 2 rings (SSSR count). The third-order valence-electron chi connectivity index (χ3n) is 3.08. The van der Waals surface area contributed by atoms with Gasteiger partial charge in [-0.25, -0.2) is 4.79 Å². The van der Waals surface area contributed by atoms with Crippen LogP contribution in [-0.2, 0) is 4.79 Å². The third kappa shape index (κ3) is 2.90. The summed E-state index contributed by atoms with van der Waals surface area (Å²) in [5.41, 5.74) is 1.50. The summed E-state index contributed by atoms with van der Waals surface area (Å²) >= 11 is 3.35. The van der Waals surface area contributed by atoms with Gasteiger partial charge in [-0.3, -0.25) is 4.79 Å². The lowest BCUT2D eigenvalue weighted by Gasteiger charge is -2.13. The van der Waals surface area contributed by atoms with Crippen LogP contribution in [0.3, 0.4) is 0 Å². The molecule has 0 spiro atoms. The Morgan fingerprint density at radius 1 is 1.44 bits per heavy atom. The molecule has 0 heterocycles. The molecule has 1 saturated carbocycles. The molecule has 2 N–H and O–H groups in total. The topological polar surface area (TPSA) is 66.4 Å². The van der Waals surface area contributed by atoms with E-state index in [1.54, 1.807) is 12.1 Å². The van der Waals surface area contributed by atoms with Crippen LogP contribution in [0.2, 0.25) is 0 Å². The smallest absolute Gasteiger partial charge is 0.326 e. The molecule has 1 amide bonds. The number of benzene rings is 1. The number of rotatable bonds is 4. The lowest BCUT2D eigenvalue weighted by atomic mass is 10.1. The number of nitrogens with one attached hydrogen (secondary N) is 1. The highest BCUT2D eigenvalue weighted by Crippen LogP contribution is 2.33. The fourth-order valence-corrected chi connectivity index (χ4v) is 2.15. The molecule has 5 heteroatoms. The van der Waals surface area contributed by atoms with Crippen molar-refractivity contribution in [1.29, 1.82) is 0 Å². The lowest BCUT2D eigenvalue weighted by Crippen LogP contribution is -2.42. The van der Waals surface area contributed by atoms with Crippen molar-refractivity contribution < 1.29 is 14.7 Å². The molecule has 1 aromatic carbocycles. The van der Waals surface area contributed by atoms with Gasteiger partial charge in [-0.1, -0.05) is 22.0 Å². The maximum atomic E-state index is 12.0. The number of carboxylic acids is 1. The maximum Gasteiger partial charge on any atom is 0.326 e. The first-order valence-electron chi connectivity index (χ1n) is 5.79. The maximum absolute atomic E-state index is 12.0. The van der Waals surface area contributed by atoms with Gasteiger partial charge in [0.15, 0.2) is 0 Å². The van der Waals surface area contributed by atoms with Gasteiger partial charge in [-0.15, -0.1) is 0 Å². The molecule has 0 bridgehead atoms. The largest absolute Gasteiger partial charge is 0.480 e. The number of carboxylic acid groups (broad SMARTS) is 1. The summed E-state index contributed by atoms with van der Waals surface area (Å²) in [6.45, 7) is 1.93. The summed E-state index contributed by atoms with van der Waals surface area (Å²) in [5.74, 6) is -1.22. The Bertz CT molecular complexity index is 497. The lowest BCUT2D eigenvalue weighted by molar-refractivity contribution is -0.139. The van der Waals surface area contributed by atoms with Crippen molar-refractivity contribution in [3.8, 4) is 0 Å². The summed E-state index contributed by atoms with van der Waals surface area (Å²) in [5, 5.41) is 11.6. The molecule has 0 aliphatic heterocycles. The Morgan fingerprint density at radius 2 is 2.11 bits per heavy atom. The molecule has 1 fully saturated rings. The van der Waals surface area contributed by atoms with Gasteiger partial charge in [-0.2, -0.15) is 0 Å². The molecule has 0 aromatic heterocycles. The van der Waals surface area contributed by atoms with E-state index >= 15 is 0 Å². The molecule has 1 aliphatic rings. The minimum absolute atomic E-state index is 0.0836. The number of carbonyl (C=O) groups is 2. The van der Waals surface area contributed by atoms with Gasteiger partial charge >= 0.3 is 5.97 Å². The molecular weight excluding hydrogens is 298 g/mol. The normalized spacial score (nSPS) is 16.1. The number of aliphatic carboxylic acids is 1. The van der Waals surface area contributed by atoms with Crippen molar-refractivity contribution in [2.24, 2.45) is 5.92 Å². The predicted molar refractivity (Wildman–Crippen MR) is 70.5 cm³/mol. The predicted octanol–water partition coefficient (Wildman–Crippen LogP) is 2.35. The zero-order valence-corrected chi connectivity index (χ0v) is 11.5. The van der Waals surface area contributed by atoms with Crippen molar-refractivity contribution in [2.75, 3.05) is 0 Å². The Hall–Kier alpha value is -1.36. The van der Waals surface area contributed by atoms with Gasteiger partial charge in [0.05, 0.1) is 0 Å². The van der Waals surface area contributed by atoms with Crippen LogP contribution < -0.4 is 5.32 Å². The number of aryl methyl sites for hydroxylation is 1. The standard InChI is InChI=1S/C13H14BrNO3/c1-7-2-3-9(6-10(7)14)12(16)15-11(13(17)18)8-4-5-8/h2-3,6,8,11H,4-5H2,1H3,(H,15,16)(H,17,18). The van der Waals surface area contributed by atoms with Gasteiger partial charge < -0.3 is 10.4 Å². The highest BCUT2D eigenvalue weighted by molar-refractivity contribution is 9.10. The fourth-order valence-electron chi connectivity index (χ4n) is 1.77. The highest BCUT2D eigenvalue weighted by Gasteiger charge is 2.37. The number of halogens is 1. The van der Waals surface area contributed by atoms with Crippen molar-refractivity contribution >= 4 is 27.8 Å². The van der Waals surface area contributed by atoms with Crippen LogP contribution >= 0.6 is 15.9 Å². The molecule has 0 radical (unpaired) electrons. The summed E-state index contributed by atoms with van der Waals surface area (Å²) in [6.07, 6.45) is 1.74. The van der Waals surface area contributed by atoms with Crippen LogP contribution in [-0.4, -0.2) is 23.0 Å². The summed E-state index contributed by atoms with van der Waals surface area (Å²) < 4.78 is 0.841. The zero-order chi connectivity index (χ0) is 13.3.